The van der Waals surface area contributed by atoms with E-state index in [0.717, 1.165) is 23.2 Å². The number of nitro benzene ring substituents is 1. The third kappa shape index (κ3) is 4.29. The predicted octanol–water partition coefficient (Wildman–Crippen LogP) is 4.41. The first-order chi connectivity index (χ1) is 13.8. The van der Waals surface area contributed by atoms with Crippen molar-refractivity contribution in [2.45, 2.75) is 39.5 Å². The van der Waals surface area contributed by atoms with Crippen molar-refractivity contribution >= 4 is 28.9 Å². The lowest BCUT2D eigenvalue weighted by Crippen LogP contribution is -2.29. The molecule has 1 N–H and O–H groups in total. The first-order valence-electron chi connectivity index (χ1n) is 9.77. The molecule has 0 aliphatic carbocycles. The number of anilines is 2. The third-order valence-corrected chi connectivity index (χ3v) is 5.56. The Morgan fingerprint density at radius 1 is 1.31 bits per heavy atom. The van der Waals surface area contributed by atoms with Crippen LogP contribution in [0.5, 0.6) is 0 Å². The van der Waals surface area contributed by atoms with E-state index in [1.807, 2.05) is 24.3 Å². The molecule has 1 heterocycles. The fraction of sp³-hybridized carbons (Fsp3) is 0.364. The summed E-state index contributed by atoms with van der Waals surface area (Å²) in [6.45, 7) is 6.29. The molecule has 7 heteroatoms. The highest BCUT2D eigenvalue weighted by Crippen LogP contribution is 2.34. The Kier molecular flexibility index (Phi) is 5.96. The highest BCUT2D eigenvalue weighted by molar-refractivity contribution is 6.04. The van der Waals surface area contributed by atoms with Crippen LogP contribution in [0.25, 0.3) is 0 Å². The molecular formula is C22H25N3O4. The van der Waals surface area contributed by atoms with Gasteiger partial charge < -0.3 is 10.2 Å². The van der Waals surface area contributed by atoms with E-state index in [1.54, 1.807) is 17.9 Å². The van der Waals surface area contributed by atoms with Crippen molar-refractivity contribution in [2.24, 2.45) is 5.92 Å². The van der Waals surface area contributed by atoms with Crippen molar-refractivity contribution < 1.29 is 14.5 Å². The molecule has 1 aliphatic rings. The summed E-state index contributed by atoms with van der Waals surface area (Å²) in [7, 11) is 0. The number of amides is 2. The van der Waals surface area contributed by atoms with E-state index in [2.05, 4.69) is 19.2 Å². The van der Waals surface area contributed by atoms with Gasteiger partial charge in [0.15, 0.2) is 0 Å². The second kappa shape index (κ2) is 8.43. The second-order valence-electron chi connectivity index (χ2n) is 7.52. The fourth-order valence-corrected chi connectivity index (χ4v) is 3.58. The van der Waals surface area contributed by atoms with Gasteiger partial charge in [-0.25, -0.2) is 0 Å². The van der Waals surface area contributed by atoms with Gasteiger partial charge in [0.2, 0.25) is 11.8 Å². The second-order valence-corrected chi connectivity index (χ2v) is 7.52. The molecule has 2 atom stereocenters. The number of rotatable bonds is 6. The molecule has 2 amide bonds. The van der Waals surface area contributed by atoms with Crippen LogP contribution in [-0.4, -0.2) is 23.3 Å². The van der Waals surface area contributed by atoms with Crippen molar-refractivity contribution in [3.8, 4) is 0 Å². The number of benzene rings is 2. The summed E-state index contributed by atoms with van der Waals surface area (Å²) in [6.07, 6.45) is 1.07. The van der Waals surface area contributed by atoms with Gasteiger partial charge in [-0.15, -0.1) is 0 Å². The molecule has 0 radical (unpaired) electrons. The summed E-state index contributed by atoms with van der Waals surface area (Å²) in [5.74, 6) is -0.590. The monoisotopic (exact) mass is 395 g/mol. The molecule has 1 saturated heterocycles. The molecule has 152 valence electrons. The molecule has 2 aromatic rings. The van der Waals surface area contributed by atoms with Gasteiger partial charge in [-0.05, 0) is 36.5 Å². The minimum Gasteiger partial charge on any atom is -0.325 e. The van der Waals surface area contributed by atoms with Crippen LogP contribution in [0.3, 0.4) is 0 Å². The lowest BCUT2D eigenvalue weighted by Gasteiger charge is -2.23. The van der Waals surface area contributed by atoms with Crippen molar-refractivity contribution in [3.05, 3.63) is 63.7 Å². The lowest BCUT2D eigenvalue weighted by atomic mass is 9.96. The minimum atomic E-state index is -0.508. The average Bonchev–Trinajstić information content (AvgIpc) is 3.10. The predicted molar refractivity (Wildman–Crippen MR) is 112 cm³/mol. The first-order valence-corrected chi connectivity index (χ1v) is 9.77. The number of nitro groups is 1. The SMILES string of the molecule is CCC(C)c1ccccc1N1CC(C(=O)Nc2cc([N+](=O)[O-])ccc2C)CC1=O. The highest BCUT2D eigenvalue weighted by Gasteiger charge is 2.36. The minimum absolute atomic E-state index is 0.0856. The molecule has 2 aromatic carbocycles. The Morgan fingerprint density at radius 3 is 2.72 bits per heavy atom. The number of para-hydroxylation sites is 1. The van der Waals surface area contributed by atoms with Gasteiger partial charge in [0.1, 0.15) is 0 Å². The van der Waals surface area contributed by atoms with Crippen LogP contribution in [0, 0.1) is 23.0 Å². The molecule has 1 aliphatic heterocycles. The van der Waals surface area contributed by atoms with Gasteiger partial charge in [0.25, 0.3) is 5.69 Å². The molecule has 0 aromatic heterocycles. The normalized spacial score (nSPS) is 17.3. The number of aryl methyl sites for hydroxylation is 1. The summed E-state index contributed by atoms with van der Waals surface area (Å²) >= 11 is 0. The largest absolute Gasteiger partial charge is 0.325 e. The Labute approximate surface area is 169 Å². The quantitative estimate of drug-likeness (QED) is 0.579. The molecular weight excluding hydrogens is 370 g/mol. The Bertz CT molecular complexity index is 957. The van der Waals surface area contributed by atoms with Gasteiger partial charge in [-0.1, -0.05) is 38.1 Å². The summed E-state index contributed by atoms with van der Waals surface area (Å²) < 4.78 is 0. The van der Waals surface area contributed by atoms with Crippen LogP contribution in [0.1, 0.15) is 43.7 Å². The van der Waals surface area contributed by atoms with Crippen LogP contribution < -0.4 is 10.2 Å². The van der Waals surface area contributed by atoms with E-state index in [0.29, 0.717) is 18.2 Å². The zero-order chi connectivity index (χ0) is 21.1. The zero-order valence-electron chi connectivity index (χ0n) is 16.8. The maximum atomic E-state index is 12.8. The van der Waals surface area contributed by atoms with Gasteiger partial charge in [-0.3, -0.25) is 19.7 Å². The molecule has 29 heavy (non-hydrogen) atoms. The lowest BCUT2D eigenvalue weighted by molar-refractivity contribution is -0.384. The van der Waals surface area contributed by atoms with E-state index in [-0.39, 0.29) is 23.9 Å². The maximum Gasteiger partial charge on any atom is 0.271 e. The highest BCUT2D eigenvalue weighted by atomic mass is 16.6. The Morgan fingerprint density at radius 2 is 2.03 bits per heavy atom. The van der Waals surface area contributed by atoms with Crippen LogP contribution in [-0.2, 0) is 9.59 Å². The van der Waals surface area contributed by atoms with Gasteiger partial charge in [0.05, 0.1) is 16.5 Å². The Balaban J connectivity index is 1.78. The van der Waals surface area contributed by atoms with Crippen LogP contribution >= 0.6 is 0 Å². The number of hydrogen-bond acceptors (Lipinski definition) is 4. The van der Waals surface area contributed by atoms with Crippen LogP contribution in [0.15, 0.2) is 42.5 Å². The van der Waals surface area contributed by atoms with Gasteiger partial charge >= 0.3 is 0 Å². The molecule has 3 rings (SSSR count). The van der Waals surface area contributed by atoms with Gasteiger partial charge in [0, 0.05) is 30.8 Å². The van der Waals surface area contributed by atoms with Crippen molar-refractivity contribution in [3.63, 3.8) is 0 Å². The van der Waals surface area contributed by atoms with Crippen molar-refractivity contribution in [1.29, 1.82) is 0 Å². The number of carbonyl (C=O) groups is 2. The van der Waals surface area contributed by atoms with Gasteiger partial charge in [-0.2, -0.15) is 0 Å². The maximum absolute atomic E-state index is 12.8. The fourth-order valence-electron chi connectivity index (χ4n) is 3.58. The van der Waals surface area contributed by atoms with E-state index in [4.69, 9.17) is 0 Å². The zero-order valence-corrected chi connectivity index (χ0v) is 16.8. The molecule has 0 saturated carbocycles. The van der Waals surface area contributed by atoms with Crippen LogP contribution in [0.4, 0.5) is 17.1 Å². The average molecular weight is 395 g/mol. The number of hydrogen-bond donors (Lipinski definition) is 1. The molecule has 0 spiro atoms. The van der Waals surface area contributed by atoms with Crippen molar-refractivity contribution in [2.75, 3.05) is 16.8 Å². The molecule has 2 unspecified atom stereocenters. The van der Waals surface area contributed by atoms with Crippen LogP contribution in [0.2, 0.25) is 0 Å². The summed E-state index contributed by atoms with van der Waals surface area (Å²) in [5.41, 5.74) is 2.99. The summed E-state index contributed by atoms with van der Waals surface area (Å²) in [4.78, 5) is 37.6. The molecule has 1 fully saturated rings. The van der Waals surface area contributed by atoms with E-state index >= 15 is 0 Å². The first kappa shape index (κ1) is 20.5. The number of nitrogens with one attached hydrogen (secondary N) is 1. The summed E-state index contributed by atoms with van der Waals surface area (Å²) in [6, 6.07) is 12.1. The van der Waals surface area contributed by atoms with E-state index < -0.39 is 10.8 Å². The molecule has 0 bridgehead atoms. The number of nitrogens with zero attached hydrogens (tertiary/aromatic N) is 2. The smallest absolute Gasteiger partial charge is 0.271 e. The topological polar surface area (TPSA) is 92.6 Å². The van der Waals surface area contributed by atoms with E-state index in [9.17, 15) is 19.7 Å². The Hall–Kier alpha value is -3.22. The summed E-state index contributed by atoms with van der Waals surface area (Å²) in [5, 5.41) is 13.8. The standard InChI is InChI=1S/C22H25N3O4/c1-4-14(2)18-7-5-6-8-20(18)24-13-16(11-21(24)26)22(27)23-19-12-17(25(28)29)10-9-15(19)3/h5-10,12,14,16H,4,11,13H2,1-3H3,(H,23,27). The van der Waals surface area contributed by atoms with E-state index in [1.165, 1.54) is 12.1 Å². The molecule has 7 nitrogen and oxygen atoms in total. The van der Waals surface area contributed by atoms with Crippen molar-refractivity contribution in [1.82, 2.24) is 0 Å². The third-order valence-electron chi connectivity index (χ3n) is 5.56. The number of non-ortho nitro benzene ring substituents is 1. The number of carbonyl (C=O) groups excluding carboxylic acids is 2.